The Morgan fingerprint density at radius 2 is 1.81 bits per heavy atom. The number of rotatable bonds is 3. The van der Waals surface area contributed by atoms with Gasteiger partial charge in [0.1, 0.15) is 12.4 Å². The average molecular weight is 233 g/mol. The molecule has 0 aliphatic heterocycles. The van der Waals surface area contributed by atoms with E-state index in [2.05, 4.69) is 0 Å². The van der Waals surface area contributed by atoms with Crippen LogP contribution in [0.1, 0.15) is 11.1 Å². The van der Waals surface area contributed by atoms with Gasteiger partial charge in [-0.05, 0) is 36.2 Å². The molecule has 0 aromatic heterocycles. The molecule has 0 amide bonds. The van der Waals surface area contributed by atoms with Gasteiger partial charge in [-0.2, -0.15) is 0 Å². The molecule has 0 radical (unpaired) electrons. The Hall–Kier alpha value is -1.47. The maximum absolute atomic E-state index is 6.04. The summed E-state index contributed by atoms with van der Waals surface area (Å²) in [7, 11) is 0. The lowest BCUT2D eigenvalue weighted by molar-refractivity contribution is 0.306. The highest BCUT2D eigenvalue weighted by Gasteiger charge is 1.99. The Bertz CT molecular complexity index is 465. The van der Waals surface area contributed by atoms with Crippen LogP contribution in [0.15, 0.2) is 48.5 Å². The van der Waals surface area contributed by atoms with Crippen LogP contribution in [0.4, 0.5) is 0 Å². The normalized spacial score (nSPS) is 10.1. The number of ether oxygens (including phenoxy) is 1. The van der Waals surface area contributed by atoms with Gasteiger partial charge in [-0.3, -0.25) is 0 Å². The summed E-state index contributed by atoms with van der Waals surface area (Å²) in [6.07, 6.45) is 0. The largest absolute Gasteiger partial charge is 0.489 e. The minimum atomic E-state index is 0.546. The molecule has 2 rings (SSSR count). The number of halogens is 1. The molecule has 2 heteroatoms. The summed E-state index contributed by atoms with van der Waals surface area (Å²) < 4.78 is 5.63. The zero-order valence-electron chi connectivity index (χ0n) is 9.11. The predicted octanol–water partition coefficient (Wildman–Crippen LogP) is 4.23. The number of aryl methyl sites for hydroxylation is 1. The Labute approximate surface area is 101 Å². The molecule has 0 heterocycles. The molecule has 0 aliphatic carbocycles. The summed E-state index contributed by atoms with van der Waals surface area (Å²) in [5, 5.41) is 0.786. The SMILES string of the molecule is Cc1ccc(COc2ccccc2)cc1Cl. The molecular weight excluding hydrogens is 220 g/mol. The van der Waals surface area contributed by atoms with Gasteiger partial charge in [0.15, 0.2) is 0 Å². The van der Waals surface area contributed by atoms with Crippen LogP contribution in [-0.4, -0.2) is 0 Å². The molecule has 0 N–H and O–H groups in total. The van der Waals surface area contributed by atoms with Crippen molar-refractivity contribution in [2.75, 3.05) is 0 Å². The van der Waals surface area contributed by atoms with Crippen molar-refractivity contribution in [3.8, 4) is 5.75 Å². The van der Waals surface area contributed by atoms with E-state index in [9.17, 15) is 0 Å². The molecule has 82 valence electrons. The highest BCUT2D eigenvalue weighted by molar-refractivity contribution is 6.31. The summed E-state index contributed by atoms with van der Waals surface area (Å²) >= 11 is 6.04. The highest BCUT2D eigenvalue weighted by Crippen LogP contribution is 2.18. The molecule has 0 saturated heterocycles. The lowest BCUT2D eigenvalue weighted by atomic mass is 10.2. The van der Waals surface area contributed by atoms with Gasteiger partial charge in [0.05, 0.1) is 0 Å². The van der Waals surface area contributed by atoms with Crippen LogP contribution in [0.25, 0.3) is 0 Å². The van der Waals surface area contributed by atoms with Crippen molar-refractivity contribution in [2.45, 2.75) is 13.5 Å². The smallest absolute Gasteiger partial charge is 0.119 e. The zero-order valence-corrected chi connectivity index (χ0v) is 9.87. The maximum atomic E-state index is 6.04. The molecule has 2 aromatic rings. The van der Waals surface area contributed by atoms with Crippen LogP contribution in [0.2, 0.25) is 5.02 Å². The first-order valence-corrected chi connectivity index (χ1v) is 5.56. The summed E-state index contributed by atoms with van der Waals surface area (Å²) in [4.78, 5) is 0. The molecule has 0 fully saturated rings. The second-order valence-electron chi connectivity index (χ2n) is 3.69. The molecule has 0 saturated carbocycles. The van der Waals surface area contributed by atoms with Crippen molar-refractivity contribution in [1.29, 1.82) is 0 Å². The third-order valence-electron chi connectivity index (χ3n) is 2.38. The first-order valence-electron chi connectivity index (χ1n) is 5.18. The minimum Gasteiger partial charge on any atom is -0.489 e. The number of para-hydroxylation sites is 1. The number of hydrogen-bond acceptors (Lipinski definition) is 1. The second-order valence-corrected chi connectivity index (χ2v) is 4.09. The van der Waals surface area contributed by atoms with Gasteiger partial charge in [-0.15, -0.1) is 0 Å². The zero-order chi connectivity index (χ0) is 11.4. The monoisotopic (exact) mass is 232 g/mol. The van der Waals surface area contributed by atoms with Crippen molar-refractivity contribution in [3.63, 3.8) is 0 Å². The van der Waals surface area contributed by atoms with E-state index in [1.54, 1.807) is 0 Å². The first kappa shape index (κ1) is 11.0. The van der Waals surface area contributed by atoms with Crippen LogP contribution < -0.4 is 4.74 Å². The Morgan fingerprint density at radius 3 is 2.50 bits per heavy atom. The molecule has 16 heavy (non-hydrogen) atoms. The van der Waals surface area contributed by atoms with Crippen LogP contribution in [0, 0.1) is 6.92 Å². The molecule has 0 unspecified atom stereocenters. The molecule has 0 atom stereocenters. The van der Waals surface area contributed by atoms with E-state index in [4.69, 9.17) is 16.3 Å². The van der Waals surface area contributed by atoms with E-state index in [0.29, 0.717) is 6.61 Å². The Morgan fingerprint density at radius 1 is 1.06 bits per heavy atom. The van der Waals surface area contributed by atoms with Crippen molar-refractivity contribution < 1.29 is 4.74 Å². The minimum absolute atomic E-state index is 0.546. The van der Waals surface area contributed by atoms with E-state index in [1.807, 2.05) is 55.5 Å². The molecule has 0 aliphatic rings. The summed E-state index contributed by atoms with van der Waals surface area (Å²) in [6.45, 7) is 2.54. The Balaban J connectivity index is 2.03. The lowest BCUT2D eigenvalue weighted by Crippen LogP contribution is -1.95. The molecule has 0 spiro atoms. The topological polar surface area (TPSA) is 9.23 Å². The van der Waals surface area contributed by atoms with Crippen LogP contribution >= 0.6 is 11.6 Å². The summed E-state index contributed by atoms with van der Waals surface area (Å²) in [5.41, 5.74) is 2.17. The quantitative estimate of drug-likeness (QED) is 0.770. The maximum Gasteiger partial charge on any atom is 0.119 e. The second kappa shape index (κ2) is 5.04. The van der Waals surface area contributed by atoms with Crippen molar-refractivity contribution >= 4 is 11.6 Å². The van der Waals surface area contributed by atoms with E-state index in [-0.39, 0.29) is 0 Å². The predicted molar refractivity (Wildman–Crippen MR) is 67.0 cm³/mol. The number of benzene rings is 2. The van der Waals surface area contributed by atoms with Crippen molar-refractivity contribution in [1.82, 2.24) is 0 Å². The third-order valence-corrected chi connectivity index (χ3v) is 2.79. The van der Waals surface area contributed by atoms with E-state index >= 15 is 0 Å². The van der Waals surface area contributed by atoms with Crippen LogP contribution in [0.5, 0.6) is 5.75 Å². The van der Waals surface area contributed by atoms with Gasteiger partial charge in [-0.1, -0.05) is 41.9 Å². The fourth-order valence-electron chi connectivity index (χ4n) is 1.41. The molecule has 1 nitrogen and oxygen atoms in total. The van der Waals surface area contributed by atoms with Crippen LogP contribution in [-0.2, 0) is 6.61 Å². The van der Waals surface area contributed by atoms with Gasteiger partial charge in [-0.25, -0.2) is 0 Å². The van der Waals surface area contributed by atoms with Crippen molar-refractivity contribution in [3.05, 3.63) is 64.7 Å². The molecular formula is C14H13ClO. The van der Waals surface area contributed by atoms with Gasteiger partial charge >= 0.3 is 0 Å². The fraction of sp³-hybridized carbons (Fsp3) is 0.143. The number of hydrogen-bond donors (Lipinski definition) is 0. The molecule has 0 bridgehead atoms. The van der Waals surface area contributed by atoms with Gasteiger partial charge in [0.25, 0.3) is 0 Å². The molecule has 2 aromatic carbocycles. The van der Waals surface area contributed by atoms with E-state index in [0.717, 1.165) is 21.9 Å². The van der Waals surface area contributed by atoms with Crippen LogP contribution in [0.3, 0.4) is 0 Å². The standard InChI is InChI=1S/C14H13ClO/c1-11-7-8-12(9-14(11)15)10-16-13-5-3-2-4-6-13/h2-9H,10H2,1H3. The fourth-order valence-corrected chi connectivity index (χ4v) is 1.61. The highest BCUT2D eigenvalue weighted by atomic mass is 35.5. The average Bonchev–Trinajstić information content (AvgIpc) is 2.32. The van der Waals surface area contributed by atoms with Gasteiger partial charge < -0.3 is 4.74 Å². The Kier molecular flexibility index (Phi) is 3.47. The van der Waals surface area contributed by atoms with Gasteiger partial charge in [0, 0.05) is 5.02 Å². The first-order chi connectivity index (χ1) is 7.75. The summed E-state index contributed by atoms with van der Waals surface area (Å²) in [6, 6.07) is 15.7. The van der Waals surface area contributed by atoms with Crippen molar-refractivity contribution in [2.24, 2.45) is 0 Å². The lowest BCUT2D eigenvalue weighted by Gasteiger charge is -2.07. The summed E-state index contributed by atoms with van der Waals surface area (Å²) in [5.74, 6) is 0.874. The van der Waals surface area contributed by atoms with E-state index in [1.165, 1.54) is 0 Å². The van der Waals surface area contributed by atoms with Gasteiger partial charge in [0.2, 0.25) is 0 Å². The van der Waals surface area contributed by atoms with E-state index < -0.39 is 0 Å². The third kappa shape index (κ3) is 2.77.